The van der Waals surface area contributed by atoms with Crippen molar-refractivity contribution in [3.05, 3.63) is 48.2 Å². The third kappa shape index (κ3) is 4.48. The van der Waals surface area contributed by atoms with E-state index in [0.29, 0.717) is 34.8 Å². The predicted molar refractivity (Wildman–Crippen MR) is 108 cm³/mol. The molecule has 29 heavy (non-hydrogen) atoms. The Morgan fingerprint density at radius 1 is 0.966 bits per heavy atom. The van der Waals surface area contributed by atoms with E-state index in [-0.39, 0.29) is 11.4 Å². The molecule has 8 heteroatoms. The molecule has 0 fully saturated rings. The summed E-state index contributed by atoms with van der Waals surface area (Å²) in [5.74, 6) is -0.921. The Hall–Kier alpha value is -3.13. The molecular weight excluding hydrogens is 380 g/mol. The highest BCUT2D eigenvalue weighted by atomic mass is 19.2. The van der Waals surface area contributed by atoms with Crippen molar-refractivity contribution >= 4 is 16.6 Å². The van der Waals surface area contributed by atoms with E-state index < -0.39 is 11.6 Å². The van der Waals surface area contributed by atoms with Gasteiger partial charge in [0.2, 0.25) is 5.82 Å². The van der Waals surface area contributed by atoms with E-state index in [1.807, 2.05) is 7.05 Å². The molecule has 154 valence electrons. The van der Waals surface area contributed by atoms with Crippen LogP contribution < -0.4 is 24.8 Å². The minimum Gasteiger partial charge on any atom is -0.493 e. The van der Waals surface area contributed by atoms with Crippen LogP contribution in [-0.2, 0) is 0 Å². The first-order valence-electron chi connectivity index (χ1n) is 9.16. The van der Waals surface area contributed by atoms with Crippen LogP contribution in [-0.4, -0.2) is 39.3 Å². The first-order valence-corrected chi connectivity index (χ1v) is 9.16. The Balaban J connectivity index is 1.94. The molecule has 0 unspecified atom stereocenters. The van der Waals surface area contributed by atoms with Crippen molar-refractivity contribution in [1.82, 2.24) is 10.3 Å². The van der Waals surface area contributed by atoms with E-state index in [1.54, 1.807) is 18.2 Å². The van der Waals surface area contributed by atoms with E-state index in [9.17, 15) is 8.78 Å². The number of hydrogen-bond donors (Lipinski definition) is 2. The fraction of sp³-hybridized carbons (Fsp3) is 0.286. The van der Waals surface area contributed by atoms with Crippen molar-refractivity contribution in [2.24, 2.45) is 0 Å². The van der Waals surface area contributed by atoms with E-state index >= 15 is 0 Å². The van der Waals surface area contributed by atoms with Crippen LogP contribution in [0.4, 0.5) is 14.5 Å². The summed E-state index contributed by atoms with van der Waals surface area (Å²) in [6.45, 7) is 1.35. The molecule has 0 aliphatic rings. The summed E-state index contributed by atoms with van der Waals surface area (Å²) in [5, 5.41) is 6.23. The Kier molecular flexibility index (Phi) is 6.66. The smallest absolute Gasteiger partial charge is 0.203 e. The molecule has 1 aromatic heterocycles. The molecule has 2 aromatic carbocycles. The first kappa shape index (κ1) is 20.6. The number of halogens is 2. The monoisotopic (exact) mass is 403 g/mol. The number of benzene rings is 2. The average molecular weight is 403 g/mol. The van der Waals surface area contributed by atoms with E-state index in [4.69, 9.17) is 14.2 Å². The largest absolute Gasteiger partial charge is 0.493 e. The molecule has 3 aromatic rings. The molecule has 0 aliphatic carbocycles. The van der Waals surface area contributed by atoms with Crippen LogP contribution in [0.3, 0.4) is 0 Å². The topological polar surface area (TPSA) is 64.6 Å². The van der Waals surface area contributed by atoms with E-state index in [0.717, 1.165) is 13.0 Å². The molecule has 1 heterocycles. The van der Waals surface area contributed by atoms with Crippen molar-refractivity contribution in [3.63, 3.8) is 0 Å². The molecular formula is C21H23F2N3O3. The van der Waals surface area contributed by atoms with Gasteiger partial charge in [-0.15, -0.1) is 0 Å². The fourth-order valence-electron chi connectivity index (χ4n) is 2.84. The lowest BCUT2D eigenvalue weighted by Crippen LogP contribution is -2.11. The standard InChI is InChI=1S/C21H23F2N3O3/c1-24-8-4-10-28-19-12-15-13(11-18(19)27-3)16(7-9-26-15)29-17-6-5-14(25-2)20(22)21(17)23/h5-7,9,11-12,24-25H,4,8,10H2,1-3H3. The van der Waals surface area contributed by atoms with Gasteiger partial charge in [0, 0.05) is 24.7 Å². The Bertz CT molecular complexity index is 999. The van der Waals surface area contributed by atoms with Crippen LogP contribution in [0.1, 0.15) is 6.42 Å². The number of aromatic nitrogens is 1. The van der Waals surface area contributed by atoms with Crippen LogP contribution in [0.5, 0.6) is 23.0 Å². The van der Waals surface area contributed by atoms with Crippen LogP contribution >= 0.6 is 0 Å². The normalized spacial score (nSPS) is 10.8. The van der Waals surface area contributed by atoms with E-state index in [1.165, 1.54) is 32.5 Å². The van der Waals surface area contributed by atoms with Crippen molar-refractivity contribution in [1.29, 1.82) is 0 Å². The van der Waals surface area contributed by atoms with Gasteiger partial charge in [0.05, 0.1) is 24.9 Å². The summed E-state index contributed by atoms with van der Waals surface area (Å²) >= 11 is 0. The SMILES string of the molecule is CNCCCOc1cc2nccc(Oc3ccc(NC)c(F)c3F)c2cc1OC. The zero-order chi connectivity index (χ0) is 20.8. The molecule has 2 N–H and O–H groups in total. The maximum atomic E-state index is 14.3. The second kappa shape index (κ2) is 9.38. The highest BCUT2D eigenvalue weighted by Crippen LogP contribution is 2.38. The van der Waals surface area contributed by atoms with Gasteiger partial charge in [-0.1, -0.05) is 0 Å². The number of anilines is 1. The van der Waals surface area contributed by atoms with Crippen molar-refractivity contribution < 1.29 is 23.0 Å². The van der Waals surface area contributed by atoms with Crippen molar-refractivity contribution in [2.45, 2.75) is 6.42 Å². The van der Waals surface area contributed by atoms with Gasteiger partial charge in [-0.25, -0.2) is 4.39 Å². The van der Waals surface area contributed by atoms with Crippen LogP contribution in [0.2, 0.25) is 0 Å². The maximum Gasteiger partial charge on any atom is 0.203 e. The summed E-state index contributed by atoms with van der Waals surface area (Å²) in [7, 11) is 4.92. The molecule has 0 saturated carbocycles. The zero-order valence-electron chi connectivity index (χ0n) is 16.5. The molecule has 0 saturated heterocycles. The summed E-state index contributed by atoms with van der Waals surface area (Å²) in [6, 6.07) is 7.81. The van der Waals surface area contributed by atoms with Crippen molar-refractivity contribution in [3.8, 4) is 23.0 Å². The second-order valence-electron chi connectivity index (χ2n) is 6.23. The molecule has 0 aliphatic heterocycles. The number of nitrogens with one attached hydrogen (secondary N) is 2. The highest BCUT2D eigenvalue weighted by molar-refractivity contribution is 5.88. The minimum absolute atomic E-state index is 0.0520. The number of ether oxygens (including phenoxy) is 3. The number of methoxy groups -OCH3 is 1. The third-order valence-electron chi connectivity index (χ3n) is 4.35. The Morgan fingerprint density at radius 2 is 1.79 bits per heavy atom. The molecule has 6 nitrogen and oxygen atoms in total. The number of nitrogens with zero attached hydrogens (tertiary/aromatic N) is 1. The zero-order valence-corrected chi connectivity index (χ0v) is 16.5. The van der Waals surface area contributed by atoms with Gasteiger partial charge in [-0.2, -0.15) is 4.39 Å². The summed E-state index contributed by atoms with van der Waals surface area (Å²) in [4.78, 5) is 4.33. The number of rotatable bonds is 9. The molecule has 0 amide bonds. The number of hydrogen-bond acceptors (Lipinski definition) is 6. The van der Waals surface area contributed by atoms with Gasteiger partial charge in [0.15, 0.2) is 23.1 Å². The van der Waals surface area contributed by atoms with Gasteiger partial charge in [0.25, 0.3) is 0 Å². The molecule has 0 atom stereocenters. The average Bonchev–Trinajstić information content (AvgIpc) is 2.74. The Labute approximate surface area is 167 Å². The lowest BCUT2D eigenvalue weighted by molar-refractivity contribution is 0.289. The highest BCUT2D eigenvalue weighted by Gasteiger charge is 2.17. The number of pyridine rings is 1. The number of fused-ring (bicyclic) bond motifs is 1. The predicted octanol–water partition coefficient (Wildman–Crippen LogP) is 4.34. The van der Waals surface area contributed by atoms with Gasteiger partial charge in [0.1, 0.15) is 5.75 Å². The fourth-order valence-corrected chi connectivity index (χ4v) is 2.84. The molecule has 0 radical (unpaired) electrons. The van der Waals surface area contributed by atoms with E-state index in [2.05, 4.69) is 15.6 Å². The van der Waals surface area contributed by atoms with Gasteiger partial charge in [-0.3, -0.25) is 4.98 Å². The molecule has 0 bridgehead atoms. The summed E-state index contributed by atoms with van der Waals surface area (Å²) in [5.41, 5.74) is 0.635. The molecule has 0 spiro atoms. The minimum atomic E-state index is -1.07. The van der Waals surface area contributed by atoms with Gasteiger partial charge in [-0.05, 0) is 44.3 Å². The quantitative estimate of drug-likeness (QED) is 0.518. The lowest BCUT2D eigenvalue weighted by atomic mass is 10.1. The van der Waals surface area contributed by atoms with Crippen molar-refractivity contribution in [2.75, 3.05) is 39.7 Å². The second-order valence-corrected chi connectivity index (χ2v) is 6.23. The Morgan fingerprint density at radius 3 is 2.52 bits per heavy atom. The maximum absolute atomic E-state index is 14.3. The first-order chi connectivity index (χ1) is 14.1. The van der Waals surface area contributed by atoms with Crippen LogP contribution in [0, 0.1) is 11.6 Å². The molecule has 3 rings (SSSR count). The van der Waals surface area contributed by atoms with Gasteiger partial charge < -0.3 is 24.8 Å². The summed E-state index contributed by atoms with van der Waals surface area (Å²) in [6.07, 6.45) is 2.37. The van der Waals surface area contributed by atoms with Gasteiger partial charge >= 0.3 is 0 Å². The van der Waals surface area contributed by atoms with Crippen LogP contribution in [0.25, 0.3) is 10.9 Å². The third-order valence-corrected chi connectivity index (χ3v) is 4.35. The lowest BCUT2D eigenvalue weighted by Gasteiger charge is -2.14. The van der Waals surface area contributed by atoms with Crippen LogP contribution in [0.15, 0.2) is 36.5 Å². The summed E-state index contributed by atoms with van der Waals surface area (Å²) < 4.78 is 45.3.